The first-order valence-corrected chi connectivity index (χ1v) is 11.3. The van der Waals surface area contributed by atoms with Gasteiger partial charge in [0, 0.05) is 13.2 Å². The SMILES string of the molecule is CN(CC(=O)Nc1c(Cl)cccc1Cl)C(=O)c1cn(-c2ccccc2)nc1-c1cccs1. The number of hydrogen-bond acceptors (Lipinski definition) is 4. The first kappa shape index (κ1) is 22.1. The minimum absolute atomic E-state index is 0.180. The number of thiophene rings is 1. The molecule has 0 aliphatic carbocycles. The molecule has 1 N–H and O–H groups in total. The molecule has 0 bridgehead atoms. The van der Waals surface area contributed by atoms with Crippen molar-refractivity contribution in [3.05, 3.63) is 87.8 Å². The van der Waals surface area contributed by atoms with Gasteiger partial charge in [0.2, 0.25) is 5.91 Å². The molecule has 0 radical (unpaired) electrons. The maximum atomic E-state index is 13.3. The Bertz CT molecular complexity index is 1240. The fourth-order valence-corrected chi connectivity index (χ4v) is 4.34. The Balaban J connectivity index is 1.58. The van der Waals surface area contributed by atoms with Gasteiger partial charge in [0.1, 0.15) is 5.69 Å². The van der Waals surface area contributed by atoms with Gasteiger partial charge in [-0.15, -0.1) is 11.3 Å². The van der Waals surface area contributed by atoms with Crippen molar-refractivity contribution in [2.75, 3.05) is 18.9 Å². The van der Waals surface area contributed by atoms with Crippen LogP contribution in [0.25, 0.3) is 16.3 Å². The molecule has 0 aliphatic rings. The van der Waals surface area contributed by atoms with E-state index in [9.17, 15) is 9.59 Å². The van der Waals surface area contributed by atoms with Crippen molar-refractivity contribution in [2.24, 2.45) is 0 Å². The zero-order valence-corrected chi connectivity index (χ0v) is 19.3. The zero-order valence-electron chi connectivity index (χ0n) is 17.0. The molecule has 162 valence electrons. The van der Waals surface area contributed by atoms with Gasteiger partial charge in [-0.2, -0.15) is 5.10 Å². The van der Waals surface area contributed by atoms with Gasteiger partial charge in [-0.3, -0.25) is 9.59 Å². The van der Waals surface area contributed by atoms with E-state index in [0.717, 1.165) is 10.6 Å². The average molecular weight is 485 g/mol. The van der Waals surface area contributed by atoms with Crippen LogP contribution < -0.4 is 5.32 Å². The summed E-state index contributed by atoms with van der Waals surface area (Å²) in [5.41, 5.74) is 2.12. The third-order valence-corrected chi connectivity index (χ3v) is 6.18. The van der Waals surface area contributed by atoms with E-state index in [4.69, 9.17) is 23.2 Å². The molecule has 0 spiro atoms. The van der Waals surface area contributed by atoms with E-state index in [-0.39, 0.29) is 12.5 Å². The number of amides is 2. The van der Waals surface area contributed by atoms with E-state index in [1.807, 2.05) is 47.8 Å². The second kappa shape index (κ2) is 9.56. The predicted octanol–water partition coefficient (Wildman–Crippen LogP) is 5.62. The summed E-state index contributed by atoms with van der Waals surface area (Å²) in [5.74, 6) is -0.736. The van der Waals surface area contributed by atoms with Crippen molar-refractivity contribution < 1.29 is 9.59 Å². The highest BCUT2D eigenvalue weighted by Gasteiger charge is 2.24. The second-order valence-electron chi connectivity index (χ2n) is 6.95. The van der Waals surface area contributed by atoms with Gasteiger partial charge in [0.05, 0.1) is 38.4 Å². The summed E-state index contributed by atoms with van der Waals surface area (Å²) in [4.78, 5) is 28.0. The number of benzene rings is 2. The number of nitrogens with zero attached hydrogens (tertiary/aromatic N) is 3. The molecule has 0 saturated carbocycles. The third-order valence-electron chi connectivity index (χ3n) is 4.67. The minimum Gasteiger partial charge on any atom is -0.332 e. The highest BCUT2D eigenvalue weighted by Crippen LogP contribution is 2.30. The third kappa shape index (κ3) is 4.70. The van der Waals surface area contributed by atoms with Crippen molar-refractivity contribution >= 4 is 52.0 Å². The number of likely N-dealkylation sites (N-methyl/N-ethyl adjacent to an activating group) is 1. The molecule has 0 unspecified atom stereocenters. The number of carbonyl (C=O) groups is 2. The van der Waals surface area contributed by atoms with E-state index < -0.39 is 5.91 Å². The Morgan fingerprint density at radius 1 is 1.03 bits per heavy atom. The van der Waals surface area contributed by atoms with E-state index >= 15 is 0 Å². The van der Waals surface area contributed by atoms with Gasteiger partial charge in [-0.25, -0.2) is 4.68 Å². The van der Waals surface area contributed by atoms with E-state index in [1.165, 1.54) is 16.2 Å². The molecular formula is C23H18Cl2N4O2S. The number of aromatic nitrogens is 2. The number of halogens is 2. The van der Waals surface area contributed by atoms with Crippen LogP contribution >= 0.6 is 34.5 Å². The lowest BCUT2D eigenvalue weighted by atomic mass is 10.2. The fourth-order valence-electron chi connectivity index (χ4n) is 3.13. The van der Waals surface area contributed by atoms with Crippen LogP contribution in [0, 0.1) is 0 Å². The number of carbonyl (C=O) groups excluding carboxylic acids is 2. The van der Waals surface area contributed by atoms with Gasteiger partial charge in [0.15, 0.2) is 0 Å². The second-order valence-corrected chi connectivity index (χ2v) is 8.72. The molecule has 6 nitrogen and oxygen atoms in total. The summed E-state index contributed by atoms with van der Waals surface area (Å²) >= 11 is 13.7. The quantitative estimate of drug-likeness (QED) is 0.386. The molecule has 0 saturated heterocycles. The standard InChI is InChI=1S/C23H18Cl2N4O2S/c1-28(14-20(30)26-22-17(24)9-5-10-18(22)25)23(31)16-13-29(15-7-3-2-4-8-15)27-21(16)19-11-6-12-32-19/h2-13H,14H2,1H3,(H,26,30). The number of nitrogens with one attached hydrogen (secondary N) is 1. The molecule has 0 atom stereocenters. The first-order valence-electron chi connectivity index (χ1n) is 9.62. The van der Waals surface area contributed by atoms with Gasteiger partial charge < -0.3 is 10.2 Å². The Kier molecular flexibility index (Phi) is 6.60. The van der Waals surface area contributed by atoms with Crippen LogP contribution in [0.3, 0.4) is 0 Å². The Morgan fingerprint density at radius 3 is 2.41 bits per heavy atom. The van der Waals surface area contributed by atoms with Crippen molar-refractivity contribution in [3.63, 3.8) is 0 Å². The van der Waals surface area contributed by atoms with Crippen molar-refractivity contribution in [1.29, 1.82) is 0 Å². The van der Waals surface area contributed by atoms with E-state index in [2.05, 4.69) is 10.4 Å². The van der Waals surface area contributed by atoms with Crippen molar-refractivity contribution in [1.82, 2.24) is 14.7 Å². The highest BCUT2D eigenvalue weighted by molar-refractivity contribution is 7.13. The number of para-hydroxylation sites is 2. The normalized spacial score (nSPS) is 10.7. The van der Waals surface area contributed by atoms with Crippen LogP contribution in [0.15, 0.2) is 72.2 Å². The number of hydrogen-bond donors (Lipinski definition) is 1. The summed E-state index contributed by atoms with van der Waals surface area (Å²) in [5, 5.41) is 9.89. The summed E-state index contributed by atoms with van der Waals surface area (Å²) < 4.78 is 1.67. The van der Waals surface area contributed by atoms with Crippen LogP contribution in [0.5, 0.6) is 0 Å². The number of anilines is 1. The molecule has 2 aromatic carbocycles. The molecule has 2 aromatic heterocycles. The molecular weight excluding hydrogens is 467 g/mol. The van der Waals surface area contributed by atoms with Crippen molar-refractivity contribution in [2.45, 2.75) is 0 Å². The largest absolute Gasteiger partial charge is 0.332 e. The minimum atomic E-state index is -0.413. The molecule has 2 heterocycles. The lowest BCUT2D eigenvalue weighted by molar-refractivity contribution is -0.116. The van der Waals surface area contributed by atoms with Crippen LogP contribution in [0.1, 0.15) is 10.4 Å². The summed E-state index contributed by atoms with van der Waals surface area (Å²) in [6, 6.07) is 18.3. The topological polar surface area (TPSA) is 67.2 Å². The monoisotopic (exact) mass is 484 g/mol. The smallest absolute Gasteiger partial charge is 0.257 e. The van der Waals surface area contributed by atoms with Gasteiger partial charge in [-0.1, -0.05) is 53.5 Å². The average Bonchev–Trinajstić information content (AvgIpc) is 3.46. The Hall–Kier alpha value is -3.13. The summed E-state index contributed by atoms with van der Waals surface area (Å²) in [7, 11) is 1.56. The molecule has 32 heavy (non-hydrogen) atoms. The van der Waals surface area contributed by atoms with Crippen LogP contribution in [-0.2, 0) is 4.79 Å². The molecule has 4 rings (SSSR count). The molecule has 0 fully saturated rings. The van der Waals surface area contributed by atoms with Gasteiger partial charge in [-0.05, 0) is 35.7 Å². The van der Waals surface area contributed by atoms with E-state index in [1.54, 1.807) is 36.1 Å². The van der Waals surface area contributed by atoms with Crippen molar-refractivity contribution in [3.8, 4) is 16.3 Å². The van der Waals surface area contributed by atoms with Gasteiger partial charge >= 0.3 is 0 Å². The zero-order chi connectivity index (χ0) is 22.7. The maximum Gasteiger partial charge on any atom is 0.257 e. The lowest BCUT2D eigenvalue weighted by Gasteiger charge is -2.17. The van der Waals surface area contributed by atoms with Crippen LogP contribution in [0.4, 0.5) is 5.69 Å². The summed E-state index contributed by atoms with van der Waals surface area (Å²) in [6.45, 7) is -0.180. The van der Waals surface area contributed by atoms with Crippen LogP contribution in [0.2, 0.25) is 10.0 Å². The fraction of sp³-hybridized carbons (Fsp3) is 0.0870. The molecule has 0 aliphatic heterocycles. The first-order chi connectivity index (χ1) is 15.4. The highest BCUT2D eigenvalue weighted by atomic mass is 35.5. The maximum absolute atomic E-state index is 13.3. The predicted molar refractivity (Wildman–Crippen MR) is 129 cm³/mol. The number of rotatable bonds is 6. The summed E-state index contributed by atoms with van der Waals surface area (Å²) in [6.07, 6.45) is 1.69. The Morgan fingerprint density at radius 2 is 1.75 bits per heavy atom. The molecule has 9 heteroatoms. The lowest BCUT2D eigenvalue weighted by Crippen LogP contribution is -2.35. The van der Waals surface area contributed by atoms with E-state index in [0.29, 0.717) is 27.0 Å². The molecule has 2 amide bonds. The van der Waals surface area contributed by atoms with Gasteiger partial charge in [0.25, 0.3) is 5.91 Å². The Labute approximate surface area is 199 Å². The molecule has 4 aromatic rings. The van der Waals surface area contributed by atoms with Crippen LogP contribution in [-0.4, -0.2) is 40.1 Å².